The first-order chi connectivity index (χ1) is 14.8. The largest absolute Gasteiger partial charge is 0.479 e. The monoisotopic (exact) mass is 451 g/mol. The van der Waals surface area contributed by atoms with Crippen LogP contribution in [0.4, 0.5) is 13.2 Å². The van der Waals surface area contributed by atoms with Crippen molar-refractivity contribution in [3.8, 4) is 11.6 Å². The summed E-state index contributed by atoms with van der Waals surface area (Å²) in [6, 6.07) is 6.50. The first-order valence-corrected chi connectivity index (χ1v) is 9.52. The van der Waals surface area contributed by atoms with E-state index in [1.54, 1.807) is 23.0 Å². The number of ether oxygens (including phenoxy) is 1. The number of hydroxylamine groups is 1. The summed E-state index contributed by atoms with van der Waals surface area (Å²) in [5.41, 5.74) is 4.00. The van der Waals surface area contributed by atoms with Crippen LogP contribution < -0.4 is 10.2 Å². The maximum atomic E-state index is 13.2. The number of methoxy groups -OCH3 is 1. The molecule has 0 saturated carbocycles. The number of aryl methyl sites for hydroxylation is 1. The first kappa shape index (κ1) is 21.1. The van der Waals surface area contributed by atoms with Gasteiger partial charge in [-0.05, 0) is 36.8 Å². The molecule has 2 aromatic heterocycles. The number of benzene rings is 1. The normalized spacial score (nSPS) is 16.6. The maximum Gasteiger partial charge on any atom is 0.417 e. The third-order valence-corrected chi connectivity index (χ3v) is 4.97. The number of nitrogens with zero attached hydrogens (tertiary/aromatic N) is 4. The predicted octanol–water partition coefficient (Wildman–Crippen LogP) is 4.28. The fraction of sp³-hybridized carbons (Fsp3) is 0.250. The molecule has 0 fully saturated rings. The van der Waals surface area contributed by atoms with Crippen molar-refractivity contribution in [3.05, 3.63) is 70.4 Å². The quantitative estimate of drug-likeness (QED) is 0.641. The van der Waals surface area contributed by atoms with Crippen LogP contribution in [0.1, 0.15) is 28.6 Å². The Hall–Kier alpha value is -3.11. The third kappa shape index (κ3) is 4.35. The molecule has 1 aromatic carbocycles. The number of imidazole rings is 1. The lowest BCUT2D eigenvalue weighted by atomic mass is 10.0. The molecule has 1 N–H and O–H groups in total. The van der Waals surface area contributed by atoms with Gasteiger partial charge in [0.2, 0.25) is 5.88 Å². The van der Waals surface area contributed by atoms with E-state index in [1.165, 1.54) is 19.2 Å². The van der Waals surface area contributed by atoms with Gasteiger partial charge in [0.25, 0.3) is 0 Å². The van der Waals surface area contributed by atoms with Crippen molar-refractivity contribution < 1.29 is 22.7 Å². The molecule has 0 aliphatic carbocycles. The number of pyridine rings is 1. The highest BCUT2D eigenvalue weighted by atomic mass is 35.5. The average Bonchev–Trinajstić information content (AvgIpc) is 3.19. The molecule has 3 heterocycles. The molecular weight excluding hydrogens is 435 g/mol. The highest BCUT2D eigenvalue weighted by Crippen LogP contribution is 2.37. The van der Waals surface area contributed by atoms with E-state index in [0.29, 0.717) is 22.8 Å². The van der Waals surface area contributed by atoms with Crippen LogP contribution in [0.15, 0.2) is 47.8 Å². The van der Waals surface area contributed by atoms with E-state index in [0.717, 1.165) is 11.8 Å². The second kappa shape index (κ2) is 8.20. The summed E-state index contributed by atoms with van der Waals surface area (Å²) in [6.45, 7) is 1.91. The van der Waals surface area contributed by atoms with Crippen LogP contribution in [0.2, 0.25) is 5.02 Å². The van der Waals surface area contributed by atoms with Gasteiger partial charge in [-0.25, -0.2) is 15.4 Å². The van der Waals surface area contributed by atoms with Crippen LogP contribution in [0.25, 0.3) is 5.69 Å². The zero-order valence-corrected chi connectivity index (χ0v) is 17.2. The SMILES string of the molecule is COc1nc(C2=NC(c3ccc(Cl)c(C(F)(F)F)c3)CON2)ccc1-n1cnc(C)c1. The lowest BCUT2D eigenvalue weighted by Gasteiger charge is -2.23. The number of amidine groups is 1. The Kier molecular flexibility index (Phi) is 5.59. The molecule has 3 aromatic rings. The molecule has 1 aliphatic rings. The summed E-state index contributed by atoms with van der Waals surface area (Å²) < 4.78 is 46.8. The lowest BCUT2D eigenvalue weighted by molar-refractivity contribution is -0.137. The second-order valence-electron chi connectivity index (χ2n) is 6.79. The predicted molar refractivity (Wildman–Crippen MR) is 107 cm³/mol. The summed E-state index contributed by atoms with van der Waals surface area (Å²) in [7, 11) is 1.49. The van der Waals surface area contributed by atoms with E-state index in [2.05, 4.69) is 20.4 Å². The topological polar surface area (TPSA) is 73.6 Å². The van der Waals surface area contributed by atoms with Gasteiger partial charge in [0, 0.05) is 6.20 Å². The van der Waals surface area contributed by atoms with Crippen molar-refractivity contribution in [2.75, 3.05) is 13.7 Å². The molecule has 0 saturated heterocycles. The Balaban J connectivity index is 1.68. The Morgan fingerprint density at radius 3 is 2.74 bits per heavy atom. The number of hydrogen-bond donors (Lipinski definition) is 1. The van der Waals surface area contributed by atoms with Crippen LogP contribution in [0, 0.1) is 6.92 Å². The summed E-state index contributed by atoms with van der Waals surface area (Å²) in [6.07, 6.45) is -1.10. The molecule has 31 heavy (non-hydrogen) atoms. The summed E-state index contributed by atoms with van der Waals surface area (Å²) in [5.74, 6) is 0.596. The van der Waals surface area contributed by atoms with Crippen molar-refractivity contribution >= 4 is 17.4 Å². The smallest absolute Gasteiger partial charge is 0.417 e. The Morgan fingerprint density at radius 1 is 1.26 bits per heavy atom. The molecule has 162 valence electrons. The number of rotatable bonds is 4. The van der Waals surface area contributed by atoms with E-state index in [9.17, 15) is 13.2 Å². The van der Waals surface area contributed by atoms with Crippen molar-refractivity contribution in [2.45, 2.75) is 19.1 Å². The fourth-order valence-electron chi connectivity index (χ4n) is 3.13. The van der Waals surface area contributed by atoms with Gasteiger partial charge in [0.05, 0.1) is 29.7 Å². The minimum atomic E-state index is -4.57. The molecule has 0 bridgehead atoms. The number of alkyl halides is 3. The van der Waals surface area contributed by atoms with Crippen LogP contribution in [-0.2, 0) is 11.0 Å². The van der Waals surface area contributed by atoms with Gasteiger partial charge in [-0.3, -0.25) is 9.83 Å². The minimum absolute atomic E-state index is 0.0476. The van der Waals surface area contributed by atoms with E-state index < -0.39 is 17.8 Å². The molecule has 0 spiro atoms. The average molecular weight is 452 g/mol. The van der Waals surface area contributed by atoms with Crippen molar-refractivity contribution in [2.24, 2.45) is 4.99 Å². The molecule has 1 atom stereocenters. The number of hydrogen-bond acceptors (Lipinski definition) is 6. The van der Waals surface area contributed by atoms with Crippen molar-refractivity contribution in [3.63, 3.8) is 0 Å². The molecule has 1 aliphatic heterocycles. The van der Waals surface area contributed by atoms with Crippen LogP contribution >= 0.6 is 11.6 Å². The Morgan fingerprint density at radius 2 is 2.06 bits per heavy atom. The zero-order valence-electron chi connectivity index (χ0n) is 16.4. The van der Waals surface area contributed by atoms with Crippen LogP contribution in [-0.4, -0.2) is 34.1 Å². The standard InChI is InChI=1S/C20H17ClF3N5O2/c1-11-8-29(10-25-11)17-6-5-15(27-19(17)30-2)18-26-16(9-31-28-18)12-3-4-14(21)13(7-12)20(22,23)24/h3-8,10,16H,9H2,1-2H3,(H,26,28). The first-order valence-electron chi connectivity index (χ1n) is 9.15. The van der Waals surface area contributed by atoms with Crippen molar-refractivity contribution in [1.29, 1.82) is 0 Å². The van der Waals surface area contributed by atoms with E-state index in [1.807, 2.05) is 13.1 Å². The van der Waals surface area contributed by atoms with E-state index >= 15 is 0 Å². The van der Waals surface area contributed by atoms with Crippen LogP contribution in [0.5, 0.6) is 5.88 Å². The molecule has 11 heteroatoms. The van der Waals surface area contributed by atoms with Gasteiger partial charge in [-0.2, -0.15) is 13.2 Å². The maximum absolute atomic E-state index is 13.2. The summed E-state index contributed by atoms with van der Waals surface area (Å²) in [5, 5.41) is -0.368. The molecule has 0 radical (unpaired) electrons. The van der Waals surface area contributed by atoms with Gasteiger partial charge >= 0.3 is 6.18 Å². The highest BCUT2D eigenvalue weighted by Gasteiger charge is 2.34. The third-order valence-electron chi connectivity index (χ3n) is 4.64. The zero-order chi connectivity index (χ0) is 22.2. The Labute approximate surface area is 180 Å². The molecule has 0 amide bonds. The van der Waals surface area contributed by atoms with Gasteiger partial charge in [-0.1, -0.05) is 17.7 Å². The molecule has 4 rings (SSSR count). The van der Waals surface area contributed by atoms with E-state index in [-0.39, 0.29) is 17.5 Å². The molecule has 1 unspecified atom stereocenters. The van der Waals surface area contributed by atoms with Gasteiger partial charge in [0.15, 0.2) is 5.84 Å². The lowest BCUT2D eigenvalue weighted by Crippen LogP contribution is -2.33. The Bertz CT molecular complexity index is 1150. The number of halogens is 4. The van der Waals surface area contributed by atoms with Crippen molar-refractivity contribution in [1.82, 2.24) is 20.0 Å². The van der Waals surface area contributed by atoms with Crippen LogP contribution in [0.3, 0.4) is 0 Å². The minimum Gasteiger partial charge on any atom is -0.479 e. The number of aliphatic imine (C=N–C) groups is 1. The number of nitrogens with one attached hydrogen (secondary N) is 1. The molecule has 7 nitrogen and oxygen atoms in total. The van der Waals surface area contributed by atoms with E-state index in [4.69, 9.17) is 21.2 Å². The summed E-state index contributed by atoms with van der Waals surface area (Å²) in [4.78, 5) is 18.5. The van der Waals surface area contributed by atoms with Gasteiger partial charge in [-0.15, -0.1) is 0 Å². The van der Waals surface area contributed by atoms with Gasteiger partial charge < -0.3 is 9.30 Å². The fourth-order valence-corrected chi connectivity index (χ4v) is 3.35. The number of aromatic nitrogens is 3. The second-order valence-corrected chi connectivity index (χ2v) is 7.20. The summed E-state index contributed by atoms with van der Waals surface area (Å²) >= 11 is 5.71. The van der Waals surface area contributed by atoms with Gasteiger partial charge in [0.1, 0.15) is 24.0 Å². The molecular formula is C20H17ClF3N5O2. The highest BCUT2D eigenvalue weighted by molar-refractivity contribution is 6.31.